The van der Waals surface area contributed by atoms with Crippen LogP contribution in [0.2, 0.25) is 0 Å². The molecule has 0 spiro atoms. The van der Waals surface area contributed by atoms with Crippen LogP contribution >= 0.6 is 0 Å². The first kappa shape index (κ1) is 19.0. The second kappa shape index (κ2) is 7.98. The molecule has 7 heteroatoms. The lowest BCUT2D eigenvalue weighted by Crippen LogP contribution is -2.22. The van der Waals surface area contributed by atoms with Crippen molar-refractivity contribution in [2.45, 2.75) is 12.5 Å². The molecule has 4 rings (SSSR count). The Morgan fingerprint density at radius 3 is 2.90 bits per heavy atom. The standard InChI is InChI=1S/C22H23N3O4/c1-29-16-4-7-20-18(9-16)13(10-24-20)2-5-17-19-8-14(23-11-15(27)12-26)3-6-21(19)25-22(17)28/h3-10,15,23-24,26-27H,2,11-12H2,1H3,(H,25,28). The number of rotatable bonds is 7. The Kier molecular flexibility index (Phi) is 5.24. The van der Waals surface area contributed by atoms with Gasteiger partial charge in [-0.25, -0.2) is 0 Å². The Morgan fingerprint density at radius 1 is 1.24 bits per heavy atom. The summed E-state index contributed by atoms with van der Waals surface area (Å²) in [4.78, 5) is 15.7. The van der Waals surface area contributed by atoms with E-state index in [-0.39, 0.29) is 19.1 Å². The number of amides is 1. The van der Waals surface area contributed by atoms with Gasteiger partial charge in [0.15, 0.2) is 0 Å². The molecule has 0 fully saturated rings. The van der Waals surface area contributed by atoms with Crippen LogP contribution in [-0.2, 0) is 11.2 Å². The minimum Gasteiger partial charge on any atom is -0.497 e. The number of hydrogen-bond acceptors (Lipinski definition) is 5. The predicted octanol–water partition coefficient (Wildman–Crippen LogP) is 2.52. The molecule has 1 aliphatic rings. The van der Waals surface area contributed by atoms with Crippen molar-refractivity contribution in [3.8, 4) is 5.75 Å². The topological polar surface area (TPSA) is 107 Å². The lowest BCUT2D eigenvalue weighted by molar-refractivity contribution is -0.110. The number of fused-ring (bicyclic) bond motifs is 2. The van der Waals surface area contributed by atoms with Gasteiger partial charge in [0, 0.05) is 46.2 Å². The van der Waals surface area contributed by atoms with Crippen LogP contribution in [0.15, 0.2) is 48.7 Å². The predicted molar refractivity (Wildman–Crippen MR) is 113 cm³/mol. The number of allylic oxidation sites excluding steroid dienone is 1. The van der Waals surface area contributed by atoms with E-state index < -0.39 is 6.10 Å². The number of hydrogen-bond donors (Lipinski definition) is 5. The normalized spacial score (nSPS) is 15.4. The summed E-state index contributed by atoms with van der Waals surface area (Å²) in [6, 6.07) is 11.4. The monoisotopic (exact) mass is 393 g/mol. The number of ether oxygens (including phenoxy) is 1. The summed E-state index contributed by atoms with van der Waals surface area (Å²) in [7, 11) is 1.64. The molecule has 0 aliphatic carbocycles. The fraction of sp³-hybridized carbons (Fsp3) is 0.227. The summed E-state index contributed by atoms with van der Waals surface area (Å²) in [5, 5.41) is 25.5. The number of nitrogens with one attached hydrogen (secondary N) is 3. The molecular formula is C22H23N3O4. The second-order valence-electron chi connectivity index (χ2n) is 6.98. The summed E-state index contributed by atoms with van der Waals surface area (Å²) in [5.41, 5.74) is 5.06. The van der Waals surface area contributed by atoms with Crippen molar-refractivity contribution in [3.63, 3.8) is 0 Å². The van der Waals surface area contributed by atoms with Gasteiger partial charge in [0.25, 0.3) is 5.91 Å². The first-order chi connectivity index (χ1) is 14.1. The number of aromatic amines is 1. The van der Waals surface area contributed by atoms with E-state index in [1.165, 1.54) is 0 Å². The number of benzene rings is 2. The molecule has 1 unspecified atom stereocenters. The van der Waals surface area contributed by atoms with E-state index in [0.29, 0.717) is 12.0 Å². The first-order valence-electron chi connectivity index (χ1n) is 9.41. The minimum absolute atomic E-state index is 0.134. The highest BCUT2D eigenvalue weighted by atomic mass is 16.5. The molecule has 1 amide bonds. The van der Waals surface area contributed by atoms with Crippen molar-refractivity contribution in [3.05, 3.63) is 59.8 Å². The van der Waals surface area contributed by atoms with Gasteiger partial charge in [0.2, 0.25) is 0 Å². The second-order valence-corrected chi connectivity index (χ2v) is 6.98. The quantitative estimate of drug-likeness (QED) is 0.397. The molecule has 0 bridgehead atoms. The highest BCUT2D eigenvalue weighted by Crippen LogP contribution is 2.34. The Morgan fingerprint density at radius 2 is 2.10 bits per heavy atom. The van der Waals surface area contributed by atoms with Crippen LogP contribution in [0.25, 0.3) is 16.5 Å². The van der Waals surface area contributed by atoms with E-state index >= 15 is 0 Å². The van der Waals surface area contributed by atoms with Gasteiger partial charge in [-0.15, -0.1) is 0 Å². The fourth-order valence-corrected chi connectivity index (χ4v) is 3.47. The molecule has 2 aromatic carbocycles. The molecular weight excluding hydrogens is 370 g/mol. The number of aromatic nitrogens is 1. The van der Waals surface area contributed by atoms with Crippen molar-refractivity contribution in [2.75, 3.05) is 30.9 Å². The van der Waals surface area contributed by atoms with E-state index in [1.807, 2.05) is 48.7 Å². The zero-order chi connectivity index (χ0) is 20.4. The summed E-state index contributed by atoms with van der Waals surface area (Å²) < 4.78 is 5.32. The van der Waals surface area contributed by atoms with Crippen molar-refractivity contribution < 1.29 is 19.7 Å². The molecule has 2 heterocycles. The molecule has 1 atom stereocenters. The molecule has 5 N–H and O–H groups in total. The van der Waals surface area contributed by atoms with E-state index in [9.17, 15) is 9.90 Å². The van der Waals surface area contributed by atoms with E-state index in [4.69, 9.17) is 9.84 Å². The Labute approximate surface area is 168 Å². The van der Waals surface area contributed by atoms with E-state index in [2.05, 4.69) is 15.6 Å². The third kappa shape index (κ3) is 3.83. The molecule has 3 aromatic rings. The van der Waals surface area contributed by atoms with Gasteiger partial charge in [-0.3, -0.25) is 4.79 Å². The van der Waals surface area contributed by atoms with Crippen LogP contribution in [-0.4, -0.2) is 47.5 Å². The van der Waals surface area contributed by atoms with Crippen LogP contribution < -0.4 is 15.4 Å². The number of carbonyl (C=O) groups is 1. The van der Waals surface area contributed by atoms with Gasteiger partial charge in [-0.05, 0) is 48.4 Å². The van der Waals surface area contributed by atoms with Crippen molar-refractivity contribution >= 4 is 33.8 Å². The highest BCUT2D eigenvalue weighted by Gasteiger charge is 2.24. The van der Waals surface area contributed by atoms with Crippen molar-refractivity contribution in [1.82, 2.24) is 4.98 Å². The summed E-state index contributed by atoms with van der Waals surface area (Å²) in [6.45, 7) is -0.0780. The average molecular weight is 393 g/mol. The Bertz CT molecular complexity index is 1090. The van der Waals surface area contributed by atoms with Crippen molar-refractivity contribution in [1.29, 1.82) is 0 Å². The molecule has 7 nitrogen and oxygen atoms in total. The van der Waals surface area contributed by atoms with Crippen LogP contribution in [0.4, 0.5) is 11.4 Å². The third-order valence-corrected chi connectivity index (χ3v) is 5.06. The maximum atomic E-state index is 12.5. The van der Waals surface area contributed by atoms with Crippen molar-refractivity contribution in [2.24, 2.45) is 0 Å². The van der Waals surface area contributed by atoms with Crippen LogP contribution in [0.5, 0.6) is 5.75 Å². The Hall–Kier alpha value is -3.29. The third-order valence-electron chi connectivity index (χ3n) is 5.06. The molecule has 0 saturated carbocycles. The molecule has 29 heavy (non-hydrogen) atoms. The zero-order valence-electron chi connectivity index (χ0n) is 16.0. The number of anilines is 2. The zero-order valence-corrected chi connectivity index (χ0v) is 16.0. The maximum Gasteiger partial charge on any atom is 0.256 e. The van der Waals surface area contributed by atoms with Gasteiger partial charge < -0.3 is 30.6 Å². The number of aliphatic hydroxyl groups is 2. The lowest BCUT2D eigenvalue weighted by Gasteiger charge is -2.11. The van der Waals surface area contributed by atoms with Gasteiger partial charge in [-0.1, -0.05) is 6.08 Å². The molecule has 0 radical (unpaired) electrons. The first-order valence-corrected chi connectivity index (χ1v) is 9.41. The minimum atomic E-state index is -0.836. The van der Waals surface area contributed by atoms with Crippen LogP contribution in [0, 0.1) is 0 Å². The fourth-order valence-electron chi connectivity index (χ4n) is 3.47. The summed E-state index contributed by atoms with van der Waals surface area (Å²) >= 11 is 0. The smallest absolute Gasteiger partial charge is 0.256 e. The largest absolute Gasteiger partial charge is 0.497 e. The number of aliphatic hydroxyl groups excluding tert-OH is 2. The van der Waals surface area contributed by atoms with E-state index in [1.54, 1.807) is 7.11 Å². The van der Waals surface area contributed by atoms with Crippen LogP contribution in [0.3, 0.4) is 0 Å². The van der Waals surface area contributed by atoms with Gasteiger partial charge in [-0.2, -0.15) is 0 Å². The number of carbonyl (C=O) groups excluding carboxylic acids is 1. The SMILES string of the molecule is COc1ccc2[nH]cc(CC=C3C(=O)Nc4ccc(NCC(O)CO)cc43)c2c1. The van der Waals surface area contributed by atoms with E-state index in [0.717, 1.165) is 39.2 Å². The molecule has 1 aliphatic heterocycles. The molecule has 0 saturated heterocycles. The van der Waals surface area contributed by atoms with Gasteiger partial charge in [0.1, 0.15) is 5.75 Å². The summed E-state index contributed by atoms with van der Waals surface area (Å²) in [6.07, 6.45) is 3.63. The molecule has 150 valence electrons. The Balaban J connectivity index is 1.60. The highest BCUT2D eigenvalue weighted by molar-refractivity contribution is 6.31. The molecule has 1 aromatic heterocycles. The summed E-state index contributed by atoms with van der Waals surface area (Å²) in [5.74, 6) is 0.653. The number of H-pyrrole nitrogens is 1. The maximum absolute atomic E-state index is 12.5. The van der Waals surface area contributed by atoms with Crippen LogP contribution in [0.1, 0.15) is 11.1 Å². The number of methoxy groups -OCH3 is 1. The van der Waals surface area contributed by atoms with Gasteiger partial charge in [0.05, 0.1) is 19.8 Å². The average Bonchev–Trinajstić information content (AvgIpc) is 3.29. The lowest BCUT2D eigenvalue weighted by atomic mass is 10.0. The van der Waals surface area contributed by atoms with Gasteiger partial charge >= 0.3 is 0 Å².